The first-order valence-corrected chi connectivity index (χ1v) is 7.74. The maximum absolute atomic E-state index is 3.99. The van der Waals surface area contributed by atoms with Gasteiger partial charge in [-0.2, -0.15) is 0 Å². The molecule has 1 saturated carbocycles. The second-order valence-electron chi connectivity index (χ2n) is 6.40. The Labute approximate surface area is 125 Å². The van der Waals surface area contributed by atoms with Gasteiger partial charge in [0, 0.05) is 11.7 Å². The lowest BCUT2D eigenvalue weighted by Gasteiger charge is -2.34. The van der Waals surface area contributed by atoms with Crippen molar-refractivity contribution in [2.24, 2.45) is 11.8 Å². The van der Waals surface area contributed by atoms with Gasteiger partial charge >= 0.3 is 0 Å². The van der Waals surface area contributed by atoms with E-state index in [1.807, 2.05) is 0 Å². The predicted molar refractivity (Wildman–Crippen MR) is 83.5 cm³/mol. The summed E-state index contributed by atoms with van der Waals surface area (Å²) in [5, 5.41) is 15.1. The van der Waals surface area contributed by atoms with Crippen LogP contribution in [0.4, 0.5) is 5.69 Å². The van der Waals surface area contributed by atoms with Crippen LogP contribution >= 0.6 is 0 Å². The molecule has 3 rings (SSSR count). The van der Waals surface area contributed by atoms with E-state index in [0.29, 0.717) is 6.04 Å². The number of anilines is 1. The van der Waals surface area contributed by atoms with Crippen LogP contribution in [0.25, 0.3) is 5.69 Å². The van der Waals surface area contributed by atoms with Crippen molar-refractivity contribution in [2.75, 3.05) is 5.32 Å². The molecule has 3 unspecified atom stereocenters. The summed E-state index contributed by atoms with van der Waals surface area (Å²) in [6, 6.07) is 6.96. The lowest BCUT2D eigenvalue weighted by molar-refractivity contribution is 0.280. The first kappa shape index (κ1) is 14.0. The Kier molecular flexibility index (Phi) is 3.90. The molecule has 1 fully saturated rings. The number of tetrazole rings is 1. The number of aryl methyl sites for hydroxylation is 1. The first-order chi connectivity index (χ1) is 10.1. The molecular formula is C16H23N5. The fourth-order valence-electron chi connectivity index (χ4n) is 3.17. The van der Waals surface area contributed by atoms with Gasteiger partial charge < -0.3 is 5.32 Å². The topological polar surface area (TPSA) is 55.6 Å². The first-order valence-electron chi connectivity index (χ1n) is 7.74. The van der Waals surface area contributed by atoms with E-state index < -0.39 is 0 Å². The summed E-state index contributed by atoms with van der Waals surface area (Å²) in [4.78, 5) is 0. The number of nitrogens with zero attached hydrogens (tertiary/aromatic N) is 4. The molecule has 0 aliphatic heterocycles. The molecule has 1 aliphatic carbocycles. The van der Waals surface area contributed by atoms with Crippen molar-refractivity contribution in [1.29, 1.82) is 0 Å². The molecule has 0 spiro atoms. The van der Waals surface area contributed by atoms with E-state index >= 15 is 0 Å². The van der Waals surface area contributed by atoms with Crippen LogP contribution in [0.2, 0.25) is 0 Å². The molecule has 0 bridgehead atoms. The molecule has 5 heteroatoms. The highest BCUT2D eigenvalue weighted by atomic mass is 15.5. The average molecular weight is 285 g/mol. The Morgan fingerprint density at radius 2 is 2.10 bits per heavy atom. The average Bonchev–Trinajstić information content (AvgIpc) is 2.99. The number of aromatic nitrogens is 4. The van der Waals surface area contributed by atoms with E-state index in [0.717, 1.165) is 28.8 Å². The van der Waals surface area contributed by atoms with Gasteiger partial charge in [0.2, 0.25) is 0 Å². The maximum Gasteiger partial charge on any atom is 0.143 e. The summed E-state index contributed by atoms with van der Waals surface area (Å²) in [6.07, 6.45) is 5.54. The highest BCUT2D eigenvalue weighted by molar-refractivity contribution is 5.55. The van der Waals surface area contributed by atoms with Gasteiger partial charge in [-0.1, -0.05) is 26.3 Å². The van der Waals surface area contributed by atoms with Gasteiger partial charge in [0.1, 0.15) is 6.33 Å². The van der Waals surface area contributed by atoms with Gasteiger partial charge in [-0.05, 0) is 59.7 Å². The molecule has 0 radical (unpaired) electrons. The molecule has 1 aromatic carbocycles. The van der Waals surface area contributed by atoms with Crippen LogP contribution in [0, 0.1) is 18.8 Å². The molecule has 1 N–H and O–H groups in total. The van der Waals surface area contributed by atoms with Gasteiger partial charge in [-0.3, -0.25) is 0 Å². The summed E-state index contributed by atoms with van der Waals surface area (Å²) < 4.78 is 1.72. The summed E-state index contributed by atoms with van der Waals surface area (Å²) in [5.74, 6) is 1.53. The second kappa shape index (κ2) is 5.84. The van der Waals surface area contributed by atoms with Crippen LogP contribution < -0.4 is 5.32 Å². The lowest BCUT2D eigenvalue weighted by atomic mass is 9.80. The molecule has 21 heavy (non-hydrogen) atoms. The van der Waals surface area contributed by atoms with Crippen molar-refractivity contribution in [3.05, 3.63) is 30.1 Å². The fraction of sp³-hybridized carbons (Fsp3) is 0.562. The van der Waals surface area contributed by atoms with Crippen molar-refractivity contribution in [3.8, 4) is 5.69 Å². The summed E-state index contributed by atoms with van der Waals surface area (Å²) in [7, 11) is 0. The summed E-state index contributed by atoms with van der Waals surface area (Å²) in [6.45, 7) is 6.77. The van der Waals surface area contributed by atoms with Crippen LogP contribution in [0.15, 0.2) is 24.5 Å². The van der Waals surface area contributed by atoms with E-state index in [2.05, 4.69) is 59.8 Å². The standard InChI is InChI=1S/C16H23N5/c1-11-4-5-12(2)15(8-11)18-14-7-6-13(3)16(9-14)21-10-17-19-20-21/h6-7,9-12,15,18H,4-5,8H2,1-3H3. The SMILES string of the molecule is Cc1ccc(NC2CC(C)CCC2C)cc1-n1cnnn1. The molecule has 1 aromatic heterocycles. The van der Waals surface area contributed by atoms with Gasteiger partial charge in [0.05, 0.1) is 5.69 Å². The minimum absolute atomic E-state index is 0.554. The lowest BCUT2D eigenvalue weighted by Crippen LogP contribution is -2.33. The van der Waals surface area contributed by atoms with E-state index in [-0.39, 0.29) is 0 Å². The number of hydrogen-bond donors (Lipinski definition) is 1. The monoisotopic (exact) mass is 285 g/mol. The highest BCUT2D eigenvalue weighted by Gasteiger charge is 2.25. The smallest absolute Gasteiger partial charge is 0.143 e. The Hall–Kier alpha value is -1.91. The Bertz CT molecular complexity index is 593. The van der Waals surface area contributed by atoms with Crippen LogP contribution in [-0.4, -0.2) is 26.2 Å². The molecular weight excluding hydrogens is 262 g/mol. The third-order valence-corrected chi connectivity index (χ3v) is 4.62. The van der Waals surface area contributed by atoms with Crippen molar-refractivity contribution in [2.45, 2.75) is 46.1 Å². The predicted octanol–water partition coefficient (Wildman–Crippen LogP) is 3.21. The molecule has 1 aliphatic rings. The number of nitrogens with one attached hydrogen (secondary N) is 1. The molecule has 3 atom stereocenters. The number of rotatable bonds is 3. The van der Waals surface area contributed by atoms with Gasteiger partial charge in [0.25, 0.3) is 0 Å². The van der Waals surface area contributed by atoms with Crippen molar-refractivity contribution >= 4 is 5.69 Å². The molecule has 2 aromatic rings. The van der Waals surface area contributed by atoms with E-state index in [1.54, 1.807) is 11.0 Å². The molecule has 112 valence electrons. The maximum atomic E-state index is 3.99. The summed E-state index contributed by atoms with van der Waals surface area (Å²) >= 11 is 0. The third-order valence-electron chi connectivity index (χ3n) is 4.62. The summed E-state index contributed by atoms with van der Waals surface area (Å²) in [5.41, 5.74) is 3.34. The largest absolute Gasteiger partial charge is 0.382 e. The van der Waals surface area contributed by atoms with Gasteiger partial charge in [-0.25, -0.2) is 4.68 Å². The van der Waals surface area contributed by atoms with E-state index in [4.69, 9.17) is 0 Å². The highest BCUT2D eigenvalue weighted by Crippen LogP contribution is 2.31. The zero-order valence-corrected chi connectivity index (χ0v) is 13.0. The quantitative estimate of drug-likeness (QED) is 0.941. The normalized spacial score (nSPS) is 25.8. The van der Waals surface area contributed by atoms with Gasteiger partial charge in [0.15, 0.2) is 0 Å². The molecule has 1 heterocycles. The second-order valence-corrected chi connectivity index (χ2v) is 6.40. The Balaban J connectivity index is 1.81. The zero-order chi connectivity index (χ0) is 14.8. The van der Waals surface area contributed by atoms with Crippen LogP contribution in [0.3, 0.4) is 0 Å². The van der Waals surface area contributed by atoms with E-state index in [1.165, 1.54) is 19.3 Å². The number of hydrogen-bond acceptors (Lipinski definition) is 4. The minimum atomic E-state index is 0.554. The zero-order valence-electron chi connectivity index (χ0n) is 13.0. The van der Waals surface area contributed by atoms with Crippen LogP contribution in [-0.2, 0) is 0 Å². The van der Waals surface area contributed by atoms with Crippen LogP contribution in [0.5, 0.6) is 0 Å². The van der Waals surface area contributed by atoms with Gasteiger partial charge in [-0.15, -0.1) is 5.10 Å². The van der Waals surface area contributed by atoms with Crippen molar-refractivity contribution in [3.63, 3.8) is 0 Å². The third kappa shape index (κ3) is 3.06. The van der Waals surface area contributed by atoms with Crippen molar-refractivity contribution in [1.82, 2.24) is 20.2 Å². The Morgan fingerprint density at radius 3 is 2.86 bits per heavy atom. The fourth-order valence-corrected chi connectivity index (χ4v) is 3.17. The minimum Gasteiger partial charge on any atom is -0.382 e. The van der Waals surface area contributed by atoms with Crippen molar-refractivity contribution < 1.29 is 0 Å². The Morgan fingerprint density at radius 1 is 1.24 bits per heavy atom. The number of benzene rings is 1. The van der Waals surface area contributed by atoms with E-state index in [9.17, 15) is 0 Å². The molecule has 0 amide bonds. The molecule has 5 nitrogen and oxygen atoms in total. The van der Waals surface area contributed by atoms with Crippen LogP contribution in [0.1, 0.15) is 38.7 Å². The molecule has 0 saturated heterocycles.